The Balaban J connectivity index is 2.13. The van der Waals surface area contributed by atoms with Crippen molar-refractivity contribution in [2.45, 2.75) is 52.2 Å². The standard InChI is InChI=1S/C16H26ClN3/c1-12(2)7-14-8-19-16(3,4)11-20(14)10-13-5-6-18-9-15(13)17/h5-6,9,12,14,19H,7-8,10-11H2,1-4H3. The normalized spacial score (nSPS) is 23.2. The highest BCUT2D eigenvalue weighted by Gasteiger charge is 2.32. The number of halogens is 1. The number of hydrogen-bond acceptors (Lipinski definition) is 3. The van der Waals surface area contributed by atoms with E-state index in [1.165, 1.54) is 12.0 Å². The summed E-state index contributed by atoms with van der Waals surface area (Å²) >= 11 is 6.26. The first-order valence-corrected chi connectivity index (χ1v) is 7.82. The van der Waals surface area contributed by atoms with Crippen LogP contribution in [-0.4, -0.2) is 34.6 Å². The molecule has 0 amide bonds. The van der Waals surface area contributed by atoms with Crippen LogP contribution in [0.2, 0.25) is 5.02 Å². The fourth-order valence-electron chi connectivity index (χ4n) is 2.93. The van der Waals surface area contributed by atoms with Gasteiger partial charge in [0.2, 0.25) is 0 Å². The van der Waals surface area contributed by atoms with E-state index in [1.807, 2.05) is 12.3 Å². The maximum absolute atomic E-state index is 6.26. The average Bonchev–Trinajstić information content (AvgIpc) is 2.35. The molecule has 0 aromatic carbocycles. The minimum atomic E-state index is 0.160. The zero-order valence-electron chi connectivity index (χ0n) is 13.0. The minimum Gasteiger partial charge on any atom is -0.309 e. The van der Waals surface area contributed by atoms with Crippen molar-refractivity contribution in [3.05, 3.63) is 29.0 Å². The SMILES string of the molecule is CC(C)CC1CNC(C)(C)CN1Cc1ccncc1Cl. The van der Waals surface area contributed by atoms with Crippen LogP contribution in [0.1, 0.15) is 39.7 Å². The molecule has 0 saturated carbocycles. The lowest BCUT2D eigenvalue weighted by molar-refractivity contribution is 0.0760. The van der Waals surface area contributed by atoms with Crippen LogP contribution in [0.15, 0.2) is 18.5 Å². The third-order valence-electron chi connectivity index (χ3n) is 3.90. The number of hydrogen-bond donors (Lipinski definition) is 1. The molecule has 2 rings (SSSR count). The molecule has 3 nitrogen and oxygen atoms in total. The quantitative estimate of drug-likeness (QED) is 0.923. The molecule has 1 N–H and O–H groups in total. The van der Waals surface area contributed by atoms with Gasteiger partial charge in [-0.05, 0) is 37.8 Å². The van der Waals surface area contributed by atoms with Crippen molar-refractivity contribution in [2.24, 2.45) is 5.92 Å². The zero-order chi connectivity index (χ0) is 14.8. The van der Waals surface area contributed by atoms with Gasteiger partial charge < -0.3 is 5.32 Å². The molecule has 20 heavy (non-hydrogen) atoms. The smallest absolute Gasteiger partial charge is 0.0634 e. The summed E-state index contributed by atoms with van der Waals surface area (Å²) in [5.41, 5.74) is 1.33. The van der Waals surface area contributed by atoms with Crippen LogP contribution in [0, 0.1) is 5.92 Å². The Morgan fingerprint density at radius 1 is 1.50 bits per heavy atom. The molecule has 0 aliphatic carbocycles. The molecular formula is C16H26ClN3. The Morgan fingerprint density at radius 3 is 2.90 bits per heavy atom. The van der Waals surface area contributed by atoms with Crippen molar-refractivity contribution in [1.82, 2.24) is 15.2 Å². The van der Waals surface area contributed by atoms with E-state index in [4.69, 9.17) is 11.6 Å². The Bertz CT molecular complexity index is 445. The molecule has 4 heteroatoms. The van der Waals surface area contributed by atoms with Gasteiger partial charge in [0.1, 0.15) is 0 Å². The van der Waals surface area contributed by atoms with E-state index >= 15 is 0 Å². The molecule has 0 radical (unpaired) electrons. The molecule has 1 aromatic heterocycles. The van der Waals surface area contributed by atoms with Crippen LogP contribution >= 0.6 is 11.6 Å². The lowest BCUT2D eigenvalue weighted by Gasteiger charge is -2.45. The number of pyridine rings is 1. The van der Waals surface area contributed by atoms with Crippen LogP contribution in [-0.2, 0) is 6.54 Å². The summed E-state index contributed by atoms with van der Waals surface area (Å²) < 4.78 is 0. The lowest BCUT2D eigenvalue weighted by atomic mass is 9.93. The van der Waals surface area contributed by atoms with Crippen molar-refractivity contribution >= 4 is 11.6 Å². The molecule has 0 bridgehead atoms. The van der Waals surface area contributed by atoms with Gasteiger partial charge >= 0.3 is 0 Å². The van der Waals surface area contributed by atoms with E-state index in [2.05, 4.69) is 42.9 Å². The summed E-state index contributed by atoms with van der Waals surface area (Å²) in [6.45, 7) is 12.1. The maximum Gasteiger partial charge on any atom is 0.0634 e. The van der Waals surface area contributed by atoms with Crippen molar-refractivity contribution < 1.29 is 0 Å². The molecule has 1 atom stereocenters. The Hall–Kier alpha value is -0.640. The summed E-state index contributed by atoms with van der Waals surface area (Å²) in [5.74, 6) is 0.707. The van der Waals surface area contributed by atoms with Crippen LogP contribution < -0.4 is 5.32 Å². The molecule has 1 saturated heterocycles. The summed E-state index contributed by atoms with van der Waals surface area (Å²) in [6, 6.07) is 2.61. The highest BCUT2D eigenvalue weighted by atomic mass is 35.5. The molecule has 1 aliphatic rings. The van der Waals surface area contributed by atoms with Crippen LogP contribution in [0.3, 0.4) is 0 Å². The largest absolute Gasteiger partial charge is 0.309 e. The van der Waals surface area contributed by atoms with Crippen LogP contribution in [0.25, 0.3) is 0 Å². The number of rotatable bonds is 4. The molecule has 112 valence electrons. The number of nitrogens with one attached hydrogen (secondary N) is 1. The zero-order valence-corrected chi connectivity index (χ0v) is 13.7. The molecule has 1 unspecified atom stereocenters. The van der Waals surface area contributed by atoms with Gasteiger partial charge in [-0.1, -0.05) is 25.4 Å². The molecular weight excluding hydrogens is 270 g/mol. The lowest BCUT2D eigenvalue weighted by Crippen LogP contribution is -2.61. The third-order valence-corrected chi connectivity index (χ3v) is 4.24. The first-order valence-electron chi connectivity index (χ1n) is 7.45. The minimum absolute atomic E-state index is 0.160. The fourth-order valence-corrected chi connectivity index (χ4v) is 3.11. The van der Waals surface area contributed by atoms with E-state index in [-0.39, 0.29) is 5.54 Å². The highest BCUT2D eigenvalue weighted by Crippen LogP contribution is 2.24. The van der Waals surface area contributed by atoms with E-state index in [0.29, 0.717) is 12.0 Å². The highest BCUT2D eigenvalue weighted by molar-refractivity contribution is 6.31. The Morgan fingerprint density at radius 2 is 2.25 bits per heavy atom. The summed E-state index contributed by atoms with van der Waals surface area (Å²) in [7, 11) is 0. The summed E-state index contributed by atoms with van der Waals surface area (Å²) in [5, 5.41) is 4.43. The predicted molar refractivity (Wildman–Crippen MR) is 85.0 cm³/mol. The number of aromatic nitrogens is 1. The van der Waals surface area contributed by atoms with Crippen molar-refractivity contribution in [2.75, 3.05) is 13.1 Å². The number of nitrogens with zero attached hydrogens (tertiary/aromatic N) is 2. The van der Waals surface area contributed by atoms with E-state index in [9.17, 15) is 0 Å². The topological polar surface area (TPSA) is 28.2 Å². The second-order valence-corrected chi connectivity index (χ2v) is 7.33. The number of piperazine rings is 1. The third kappa shape index (κ3) is 4.18. The van der Waals surface area contributed by atoms with Gasteiger partial charge in [0, 0.05) is 43.6 Å². The van der Waals surface area contributed by atoms with Crippen molar-refractivity contribution in [3.8, 4) is 0 Å². The molecule has 2 heterocycles. The molecule has 1 aliphatic heterocycles. The van der Waals surface area contributed by atoms with E-state index in [1.54, 1.807) is 6.20 Å². The molecule has 1 fully saturated rings. The predicted octanol–water partition coefficient (Wildman–Crippen LogP) is 3.33. The van der Waals surface area contributed by atoms with E-state index in [0.717, 1.165) is 24.7 Å². The van der Waals surface area contributed by atoms with Gasteiger partial charge in [0.25, 0.3) is 0 Å². The Kier molecular flexibility index (Phi) is 5.05. The second-order valence-electron chi connectivity index (χ2n) is 6.92. The van der Waals surface area contributed by atoms with Gasteiger partial charge in [-0.2, -0.15) is 0 Å². The average molecular weight is 296 g/mol. The van der Waals surface area contributed by atoms with Gasteiger partial charge in [0.05, 0.1) is 5.02 Å². The van der Waals surface area contributed by atoms with Crippen LogP contribution in [0.4, 0.5) is 0 Å². The monoisotopic (exact) mass is 295 g/mol. The fraction of sp³-hybridized carbons (Fsp3) is 0.688. The van der Waals surface area contributed by atoms with Crippen molar-refractivity contribution in [3.63, 3.8) is 0 Å². The van der Waals surface area contributed by atoms with Gasteiger partial charge in [0.15, 0.2) is 0 Å². The molecule has 1 aromatic rings. The van der Waals surface area contributed by atoms with Gasteiger partial charge in [-0.3, -0.25) is 9.88 Å². The second kappa shape index (κ2) is 6.42. The van der Waals surface area contributed by atoms with Crippen molar-refractivity contribution in [1.29, 1.82) is 0 Å². The molecule has 0 spiro atoms. The maximum atomic E-state index is 6.26. The first kappa shape index (κ1) is 15.7. The van der Waals surface area contributed by atoms with E-state index < -0.39 is 0 Å². The summed E-state index contributed by atoms with van der Waals surface area (Å²) in [4.78, 5) is 6.64. The van der Waals surface area contributed by atoms with Crippen LogP contribution in [0.5, 0.6) is 0 Å². The first-order chi connectivity index (χ1) is 9.37. The Labute approximate surface area is 127 Å². The van der Waals surface area contributed by atoms with Gasteiger partial charge in [-0.15, -0.1) is 0 Å². The van der Waals surface area contributed by atoms with Gasteiger partial charge in [-0.25, -0.2) is 0 Å². The summed E-state index contributed by atoms with van der Waals surface area (Å²) in [6.07, 6.45) is 4.78.